The van der Waals surface area contributed by atoms with Crippen molar-refractivity contribution in [3.05, 3.63) is 66.0 Å². The predicted molar refractivity (Wildman–Crippen MR) is 96.1 cm³/mol. The Morgan fingerprint density at radius 2 is 2.00 bits per heavy atom. The van der Waals surface area contributed by atoms with Crippen LogP contribution in [0.25, 0.3) is 10.8 Å². The minimum Gasteiger partial charge on any atom is -0.493 e. The van der Waals surface area contributed by atoms with Crippen molar-refractivity contribution in [2.75, 3.05) is 6.61 Å². The molecular weight excluding hydrogens is 336 g/mol. The molecule has 1 N–H and O–H groups in total. The number of aryl methyl sites for hydroxylation is 1. The van der Waals surface area contributed by atoms with Gasteiger partial charge in [0.1, 0.15) is 5.75 Å². The monoisotopic (exact) mass is 354 g/mol. The van der Waals surface area contributed by atoms with Crippen molar-refractivity contribution in [2.45, 2.75) is 24.3 Å². The lowest BCUT2D eigenvalue weighted by atomic mass is 9.99. The van der Waals surface area contributed by atoms with Crippen molar-refractivity contribution >= 4 is 20.8 Å². The molecule has 3 aromatic rings. The first-order valence-corrected chi connectivity index (χ1v) is 9.62. The van der Waals surface area contributed by atoms with E-state index in [0.29, 0.717) is 18.4 Å². The molecule has 2 aromatic carbocycles. The summed E-state index contributed by atoms with van der Waals surface area (Å²) in [6.45, 7) is 2.46. The lowest BCUT2D eigenvalue weighted by molar-refractivity contribution is 0.261. The molecule has 0 bridgehead atoms. The van der Waals surface area contributed by atoms with Gasteiger partial charge in [-0.3, -0.25) is 4.98 Å². The van der Waals surface area contributed by atoms with Gasteiger partial charge in [0.15, 0.2) is 0 Å². The van der Waals surface area contributed by atoms with Crippen LogP contribution in [0, 0.1) is 6.92 Å². The summed E-state index contributed by atoms with van der Waals surface area (Å²) in [4.78, 5) is 4.33. The maximum absolute atomic E-state index is 13.0. The van der Waals surface area contributed by atoms with Gasteiger partial charge in [0.05, 0.1) is 17.5 Å². The maximum Gasteiger partial charge on any atom is 0.241 e. The average molecular weight is 354 g/mol. The van der Waals surface area contributed by atoms with Gasteiger partial charge in [0, 0.05) is 35.2 Å². The Morgan fingerprint density at radius 1 is 1.16 bits per heavy atom. The van der Waals surface area contributed by atoms with E-state index in [4.69, 9.17) is 4.74 Å². The van der Waals surface area contributed by atoms with Gasteiger partial charge in [0.2, 0.25) is 10.0 Å². The van der Waals surface area contributed by atoms with Gasteiger partial charge in [0.25, 0.3) is 0 Å². The highest BCUT2D eigenvalue weighted by Gasteiger charge is 2.28. The summed E-state index contributed by atoms with van der Waals surface area (Å²) in [5, 5.41) is 1.47. The zero-order valence-electron chi connectivity index (χ0n) is 13.8. The van der Waals surface area contributed by atoms with E-state index >= 15 is 0 Å². The van der Waals surface area contributed by atoms with E-state index in [-0.39, 0.29) is 10.9 Å². The Kier molecular flexibility index (Phi) is 3.94. The molecule has 0 fully saturated rings. The number of aromatic nitrogens is 1. The second kappa shape index (κ2) is 6.13. The van der Waals surface area contributed by atoms with Gasteiger partial charge < -0.3 is 4.74 Å². The van der Waals surface area contributed by atoms with E-state index in [2.05, 4.69) is 9.71 Å². The number of benzene rings is 2. The molecule has 0 radical (unpaired) electrons. The molecule has 1 atom stereocenters. The van der Waals surface area contributed by atoms with E-state index in [1.807, 2.05) is 31.2 Å². The molecule has 0 spiro atoms. The first-order valence-electron chi connectivity index (χ1n) is 8.14. The van der Waals surface area contributed by atoms with Crippen LogP contribution in [0.5, 0.6) is 5.75 Å². The summed E-state index contributed by atoms with van der Waals surface area (Å²) in [6, 6.07) is 12.5. The number of fused-ring (bicyclic) bond motifs is 2. The molecule has 128 valence electrons. The minimum atomic E-state index is -3.68. The number of nitrogens with zero attached hydrogens (tertiary/aromatic N) is 1. The number of pyridine rings is 1. The minimum absolute atomic E-state index is 0.271. The summed E-state index contributed by atoms with van der Waals surface area (Å²) in [5.74, 6) is 0.781. The van der Waals surface area contributed by atoms with Crippen LogP contribution >= 0.6 is 0 Å². The fourth-order valence-electron chi connectivity index (χ4n) is 3.28. The van der Waals surface area contributed by atoms with E-state index in [1.165, 1.54) is 0 Å². The van der Waals surface area contributed by atoms with E-state index < -0.39 is 10.0 Å². The van der Waals surface area contributed by atoms with Crippen molar-refractivity contribution in [2.24, 2.45) is 0 Å². The van der Waals surface area contributed by atoms with Gasteiger partial charge in [-0.25, -0.2) is 13.1 Å². The maximum atomic E-state index is 13.0. The van der Waals surface area contributed by atoms with Gasteiger partial charge in [-0.05, 0) is 24.6 Å². The average Bonchev–Trinajstić information content (AvgIpc) is 2.62. The van der Waals surface area contributed by atoms with E-state index in [9.17, 15) is 8.42 Å². The van der Waals surface area contributed by atoms with Crippen LogP contribution < -0.4 is 9.46 Å². The van der Waals surface area contributed by atoms with Gasteiger partial charge in [-0.15, -0.1) is 0 Å². The standard InChI is InChI=1S/C19H18N2O3S/c1-13-4-2-6-16-17(9-11-24-19(13)16)21-25(22,23)18-7-3-5-14-12-20-10-8-15(14)18/h2-8,10,12,17,21H,9,11H2,1H3/t17-/m1/s1. The fraction of sp³-hybridized carbons (Fsp3) is 0.211. The summed E-state index contributed by atoms with van der Waals surface area (Å²) in [5.41, 5.74) is 1.90. The lowest BCUT2D eigenvalue weighted by Crippen LogP contribution is -2.32. The van der Waals surface area contributed by atoms with Crippen LogP contribution in [0.3, 0.4) is 0 Å². The first kappa shape index (κ1) is 16.1. The molecule has 0 aliphatic carbocycles. The summed E-state index contributed by atoms with van der Waals surface area (Å²) >= 11 is 0. The van der Waals surface area contributed by atoms with E-state index in [1.54, 1.807) is 30.6 Å². The Bertz CT molecular complexity index is 1040. The highest BCUT2D eigenvalue weighted by Crippen LogP contribution is 2.35. The zero-order valence-corrected chi connectivity index (χ0v) is 14.6. The Hall–Kier alpha value is -2.44. The molecule has 2 heterocycles. The zero-order chi connectivity index (χ0) is 17.4. The van der Waals surface area contributed by atoms with E-state index in [0.717, 1.165) is 22.3 Å². The topological polar surface area (TPSA) is 68.3 Å². The van der Waals surface area contributed by atoms with Gasteiger partial charge in [-0.1, -0.05) is 30.3 Å². The molecule has 0 saturated carbocycles. The number of ether oxygens (including phenoxy) is 1. The summed E-state index contributed by atoms with van der Waals surface area (Å²) < 4.78 is 34.7. The quantitative estimate of drug-likeness (QED) is 0.783. The smallest absolute Gasteiger partial charge is 0.241 e. The largest absolute Gasteiger partial charge is 0.493 e. The Labute approximate surface area is 146 Å². The van der Waals surface area contributed by atoms with Crippen molar-refractivity contribution in [1.29, 1.82) is 0 Å². The third kappa shape index (κ3) is 2.88. The molecule has 0 amide bonds. The van der Waals surface area contributed by atoms with Crippen LogP contribution in [-0.4, -0.2) is 20.0 Å². The molecule has 1 aromatic heterocycles. The molecule has 6 heteroatoms. The van der Waals surface area contributed by atoms with Crippen molar-refractivity contribution in [1.82, 2.24) is 9.71 Å². The highest BCUT2D eigenvalue weighted by molar-refractivity contribution is 7.89. The number of hydrogen-bond acceptors (Lipinski definition) is 4. The SMILES string of the molecule is Cc1cccc2c1OCC[C@H]2NS(=O)(=O)c1cccc2cnccc12. The second-order valence-corrected chi connectivity index (χ2v) is 7.84. The molecular formula is C19H18N2O3S. The first-order chi connectivity index (χ1) is 12.1. The van der Waals surface area contributed by atoms with Crippen molar-refractivity contribution in [3.63, 3.8) is 0 Å². The Balaban J connectivity index is 1.75. The molecule has 5 nitrogen and oxygen atoms in total. The van der Waals surface area contributed by atoms with Crippen LogP contribution in [-0.2, 0) is 10.0 Å². The Morgan fingerprint density at radius 3 is 2.88 bits per heavy atom. The number of nitrogens with one attached hydrogen (secondary N) is 1. The van der Waals surface area contributed by atoms with Gasteiger partial charge >= 0.3 is 0 Å². The molecule has 1 aliphatic heterocycles. The van der Waals surface area contributed by atoms with Crippen molar-refractivity contribution in [3.8, 4) is 5.75 Å². The van der Waals surface area contributed by atoms with Crippen LogP contribution in [0.15, 0.2) is 59.8 Å². The fourth-order valence-corrected chi connectivity index (χ4v) is 4.76. The summed E-state index contributed by atoms with van der Waals surface area (Å²) in [6.07, 6.45) is 3.87. The normalized spacial score (nSPS) is 17.1. The van der Waals surface area contributed by atoms with Crippen LogP contribution in [0.2, 0.25) is 0 Å². The third-order valence-corrected chi connectivity index (χ3v) is 6.03. The summed E-state index contributed by atoms with van der Waals surface area (Å²) in [7, 11) is -3.68. The highest BCUT2D eigenvalue weighted by atomic mass is 32.2. The van der Waals surface area contributed by atoms with Crippen LogP contribution in [0.4, 0.5) is 0 Å². The third-order valence-electron chi connectivity index (χ3n) is 4.50. The molecule has 25 heavy (non-hydrogen) atoms. The number of rotatable bonds is 3. The van der Waals surface area contributed by atoms with Crippen molar-refractivity contribution < 1.29 is 13.2 Å². The molecule has 4 rings (SSSR count). The number of para-hydroxylation sites is 1. The number of hydrogen-bond donors (Lipinski definition) is 1. The molecule has 0 saturated heterocycles. The predicted octanol–water partition coefficient (Wildman–Crippen LogP) is 3.35. The number of sulfonamides is 1. The van der Waals surface area contributed by atoms with Crippen LogP contribution in [0.1, 0.15) is 23.6 Å². The van der Waals surface area contributed by atoms with Gasteiger partial charge in [-0.2, -0.15) is 0 Å². The molecule has 0 unspecified atom stereocenters. The lowest BCUT2D eigenvalue weighted by Gasteiger charge is -2.27. The second-order valence-electron chi connectivity index (χ2n) is 6.16. The molecule has 1 aliphatic rings.